The number of nitrogens with zero attached hydrogens (tertiary/aromatic N) is 1. The van der Waals surface area contributed by atoms with Crippen molar-refractivity contribution in [3.63, 3.8) is 0 Å². The van der Waals surface area contributed by atoms with Gasteiger partial charge in [-0.25, -0.2) is 4.98 Å². The van der Waals surface area contributed by atoms with Crippen LogP contribution in [0.15, 0.2) is 12.4 Å². The van der Waals surface area contributed by atoms with Crippen molar-refractivity contribution in [3.8, 4) is 0 Å². The number of carbonyl (C=O) groups excluding carboxylic acids is 1. The summed E-state index contributed by atoms with van der Waals surface area (Å²) in [6.45, 7) is 4.04. The van der Waals surface area contributed by atoms with Crippen molar-refractivity contribution < 1.29 is 4.79 Å². The molecule has 0 saturated carbocycles. The van der Waals surface area contributed by atoms with E-state index in [1.165, 1.54) is 0 Å². The number of rotatable bonds is 5. The molecule has 1 saturated heterocycles. The van der Waals surface area contributed by atoms with Gasteiger partial charge in [0.25, 0.3) is 0 Å². The largest absolute Gasteiger partial charge is 0.347 e. The van der Waals surface area contributed by atoms with Crippen LogP contribution < -0.4 is 10.6 Å². The Morgan fingerprint density at radius 3 is 3.18 bits per heavy atom. The number of aromatic nitrogens is 2. The van der Waals surface area contributed by atoms with Crippen molar-refractivity contribution in [1.29, 1.82) is 0 Å². The van der Waals surface area contributed by atoms with Gasteiger partial charge >= 0.3 is 0 Å². The molecule has 5 heteroatoms. The van der Waals surface area contributed by atoms with Gasteiger partial charge in [0.15, 0.2) is 0 Å². The lowest BCUT2D eigenvalue weighted by Crippen LogP contribution is -2.30. The number of H-pyrrole nitrogens is 1. The van der Waals surface area contributed by atoms with Gasteiger partial charge in [0.2, 0.25) is 5.91 Å². The molecule has 1 aromatic rings. The third kappa shape index (κ3) is 3.30. The highest BCUT2D eigenvalue weighted by atomic mass is 16.1. The number of hydrogen-bond donors (Lipinski definition) is 3. The summed E-state index contributed by atoms with van der Waals surface area (Å²) >= 11 is 0. The number of aromatic amines is 1. The molecule has 2 atom stereocenters. The summed E-state index contributed by atoms with van der Waals surface area (Å²) in [5, 5.41) is 6.31. The SMILES string of the molecule is CCC(NC(=O)CC1CCNC1)c1ncc[nH]1. The van der Waals surface area contributed by atoms with E-state index < -0.39 is 0 Å². The predicted molar refractivity (Wildman–Crippen MR) is 65.4 cm³/mol. The lowest BCUT2D eigenvalue weighted by Gasteiger charge is -2.16. The molecule has 2 rings (SSSR count). The number of nitrogens with one attached hydrogen (secondary N) is 3. The average Bonchev–Trinajstić information content (AvgIpc) is 2.97. The zero-order valence-corrected chi connectivity index (χ0v) is 10.2. The molecule has 1 aliphatic heterocycles. The highest BCUT2D eigenvalue weighted by Gasteiger charge is 2.20. The van der Waals surface area contributed by atoms with Crippen LogP contribution in [0.5, 0.6) is 0 Å². The van der Waals surface area contributed by atoms with Crippen molar-refractivity contribution in [3.05, 3.63) is 18.2 Å². The maximum Gasteiger partial charge on any atom is 0.220 e. The molecule has 1 amide bonds. The molecule has 0 spiro atoms. The minimum atomic E-state index is 0.00635. The Morgan fingerprint density at radius 2 is 2.59 bits per heavy atom. The maximum atomic E-state index is 11.9. The van der Waals surface area contributed by atoms with Crippen LogP contribution in [-0.4, -0.2) is 29.0 Å². The number of hydrogen-bond acceptors (Lipinski definition) is 3. The molecule has 0 aromatic carbocycles. The minimum absolute atomic E-state index is 0.00635. The van der Waals surface area contributed by atoms with Gasteiger partial charge in [-0.1, -0.05) is 6.92 Å². The van der Waals surface area contributed by atoms with Crippen LogP contribution in [0.1, 0.15) is 38.1 Å². The number of amides is 1. The summed E-state index contributed by atoms with van der Waals surface area (Å²) in [6, 6.07) is 0.00635. The van der Waals surface area contributed by atoms with Crippen molar-refractivity contribution in [2.45, 2.75) is 32.2 Å². The van der Waals surface area contributed by atoms with E-state index in [-0.39, 0.29) is 11.9 Å². The second-order valence-electron chi connectivity index (χ2n) is 4.57. The lowest BCUT2D eigenvalue weighted by molar-refractivity contribution is -0.122. The molecule has 2 heterocycles. The van der Waals surface area contributed by atoms with E-state index in [1.807, 2.05) is 6.92 Å². The van der Waals surface area contributed by atoms with Crippen molar-refractivity contribution >= 4 is 5.91 Å². The standard InChI is InChI=1S/C12H20N4O/c1-2-10(12-14-5-6-15-12)16-11(17)7-9-3-4-13-8-9/h5-6,9-10,13H,2-4,7-8H2,1H3,(H,14,15)(H,16,17). The fourth-order valence-corrected chi connectivity index (χ4v) is 2.24. The van der Waals surface area contributed by atoms with Crippen LogP contribution in [0.25, 0.3) is 0 Å². The van der Waals surface area contributed by atoms with Crippen LogP contribution in [0.4, 0.5) is 0 Å². The molecule has 1 aliphatic rings. The van der Waals surface area contributed by atoms with Crippen LogP contribution in [0.3, 0.4) is 0 Å². The molecule has 0 radical (unpaired) electrons. The Hall–Kier alpha value is -1.36. The van der Waals surface area contributed by atoms with E-state index >= 15 is 0 Å². The molecule has 17 heavy (non-hydrogen) atoms. The lowest BCUT2D eigenvalue weighted by atomic mass is 10.0. The second-order valence-corrected chi connectivity index (χ2v) is 4.57. The molecule has 0 aliphatic carbocycles. The normalized spacial score (nSPS) is 21.4. The van der Waals surface area contributed by atoms with Gasteiger partial charge in [0, 0.05) is 18.8 Å². The highest BCUT2D eigenvalue weighted by Crippen LogP contribution is 2.15. The Labute approximate surface area is 101 Å². The van der Waals surface area contributed by atoms with E-state index in [2.05, 4.69) is 20.6 Å². The Balaban J connectivity index is 1.83. The van der Waals surface area contributed by atoms with E-state index in [4.69, 9.17) is 0 Å². The molecule has 94 valence electrons. The minimum Gasteiger partial charge on any atom is -0.347 e. The second kappa shape index (κ2) is 5.82. The topological polar surface area (TPSA) is 69.8 Å². The molecule has 1 aromatic heterocycles. The quantitative estimate of drug-likeness (QED) is 0.713. The Morgan fingerprint density at radius 1 is 1.71 bits per heavy atom. The van der Waals surface area contributed by atoms with E-state index in [1.54, 1.807) is 12.4 Å². The fraction of sp³-hybridized carbons (Fsp3) is 0.667. The van der Waals surface area contributed by atoms with Crippen molar-refractivity contribution in [2.24, 2.45) is 5.92 Å². The number of imidazole rings is 1. The van der Waals surface area contributed by atoms with E-state index in [0.29, 0.717) is 12.3 Å². The first-order valence-electron chi connectivity index (χ1n) is 6.29. The molecule has 3 N–H and O–H groups in total. The van der Waals surface area contributed by atoms with Gasteiger partial charge in [-0.2, -0.15) is 0 Å². The summed E-state index contributed by atoms with van der Waals surface area (Å²) < 4.78 is 0. The summed E-state index contributed by atoms with van der Waals surface area (Å²) in [7, 11) is 0. The van der Waals surface area contributed by atoms with Gasteiger partial charge in [-0.05, 0) is 31.8 Å². The first-order valence-corrected chi connectivity index (χ1v) is 6.29. The monoisotopic (exact) mass is 236 g/mol. The summed E-state index contributed by atoms with van der Waals surface area (Å²) in [6.07, 6.45) is 6.06. The van der Waals surface area contributed by atoms with Crippen molar-refractivity contribution in [2.75, 3.05) is 13.1 Å². The van der Waals surface area contributed by atoms with Gasteiger partial charge < -0.3 is 15.6 Å². The van der Waals surface area contributed by atoms with Crippen molar-refractivity contribution in [1.82, 2.24) is 20.6 Å². The van der Waals surface area contributed by atoms with Crippen LogP contribution in [-0.2, 0) is 4.79 Å². The van der Waals surface area contributed by atoms with Gasteiger partial charge in [-0.15, -0.1) is 0 Å². The Kier molecular flexibility index (Phi) is 4.14. The van der Waals surface area contributed by atoms with Gasteiger partial charge in [-0.3, -0.25) is 4.79 Å². The smallest absolute Gasteiger partial charge is 0.220 e. The molecule has 1 fully saturated rings. The molecule has 0 bridgehead atoms. The first kappa shape index (κ1) is 12.1. The third-order valence-electron chi connectivity index (χ3n) is 3.23. The Bertz CT molecular complexity index is 343. The van der Waals surface area contributed by atoms with E-state index in [9.17, 15) is 4.79 Å². The van der Waals surface area contributed by atoms with Crippen LogP contribution >= 0.6 is 0 Å². The summed E-state index contributed by atoms with van der Waals surface area (Å²) in [5.41, 5.74) is 0. The fourth-order valence-electron chi connectivity index (χ4n) is 2.24. The van der Waals surface area contributed by atoms with Crippen LogP contribution in [0, 0.1) is 5.92 Å². The zero-order chi connectivity index (χ0) is 12.1. The van der Waals surface area contributed by atoms with Crippen LogP contribution in [0.2, 0.25) is 0 Å². The summed E-state index contributed by atoms with van der Waals surface area (Å²) in [5.74, 6) is 1.46. The average molecular weight is 236 g/mol. The van der Waals surface area contributed by atoms with Gasteiger partial charge in [0.05, 0.1) is 6.04 Å². The molecular weight excluding hydrogens is 216 g/mol. The van der Waals surface area contributed by atoms with Gasteiger partial charge in [0.1, 0.15) is 5.82 Å². The van der Waals surface area contributed by atoms with E-state index in [0.717, 1.165) is 31.8 Å². The summed E-state index contributed by atoms with van der Waals surface area (Å²) in [4.78, 5) is 19.1. The predicted octanol–water partition coefficient (Wildman–Crippen LogP) is 0.977. The number of carbonyl (C=O) groups is 1. The third-order valence-corrected chi connectivity index (χ3v) is 3.23. The first-order chi connectivity index (χ1) is 8.29. The highest BCUT2D eigenvalue weighted by molar-refractivity contribution is 5.76. The molecular formula is C12H20N4O. The maximum absolute atomic E-state index is 11.9. The zero-order valence-electron chi connectivity index (χ0n) is 10.2. The molecule has 5 nitrogen and oxygen atoms in total. The molecule has 2 unspecified atom stereocenters.